The molecule has 0 aliphatic rings. The number of hydrogen-bond donors (Lipinski definition) is 1. The maximum Gasteiger partial charge on any atom is 0.122 e. The van der Waals surface area contributed by atoms with Gasteiger partial charge < -0.3 is 9.88 Å². The lowest BCUT2D eigenvalue weighted by Gasteiger charge is -2.02. The van der Waals surface area contributed by atoms with E-state index in [4.69, 9.17) is 0 Å². The van der Waals surface area contributed by atoms with Gasteiger partial charge in [0.2, 0.25) is 0 Å². The fourth-order valence-electron chi connectivity index (χ4n) is 1.35. The monoisotopic (exact) mass is 206 g/mol. The molecule has 1 N–H and O–H groups in total. The predicted molar refractivity (Wildman–Crippen MR) is 54.8 cm³/mol. The average Bonchev–Trinajstić information content (AvgIpc) is 2.77. The Balaban J connectivity index is 1.83. The lowest BCUT2D eigenvalue weighted by atomic mass is 10.4. The van der Waals surface area contributed by atoms with Gasteiger partial charge in [-0.1, -0.05) is 5.21 Å². The fraction of sp³-hybridized carbons (Fsp3) is 0.444. The molecule has 2 rings (SSSR count). The minimum Gasteiger partial charge on any atom is -0.337 e. The zero-order valence-corrected chi connectivity index (χ0v) is 8.88. The topological polar surface area (TPSA) is 60.6 Å². The van der Waals surface area contributed by atoms with Gasteiger partial charge in [-0.3, -0.25) is 4.68 Å². The van der Waals surface area contributed by atoms with Gasteiger partial charge in [0, 0.05) is 39.2 Å². The summed E-state index contributed by atoms with van der Waals surface area (Å²) < 4.78 is 3.68. The van der Waals surface area contributed by atoms with Crippen LogP contribution in [-0.4, -0.2) is 24.5 Å². The van der Waals surface area contributed by atoms with Crippen LogP contribution in [0.25, 0.3) is 0 Å². The van der Waals surface area contributed by atoms with Gasteiger partial charge in [-0.2, -0.15) is 0 Å². The first kappa shape index (κ1) is 9.85. The van der Waals surface area contributed by atoms with E-state index in [-0.39, 0.29) is 0 Å². The Morgan fingerprint density at radius 3 is 2.80 bits per heavy atom. The SMILES string of the molecule is Cn1cc(CNCc2nccn2C)nn1. The number of hydrogen-bond acceptors (Lipinski definition) is 4. The van der Waals surface area contributed by atoms with E-state index in [2.05, 4.69) is 20.6 Å². The first-order valence-electron chi connectivity index (χ1n) is 4.78. The Labute approximate surface area is 87.9 Å². The Morgan fingerprint density at radius 2 is 2.20 bits per heavy atom. The summed E-state index contributed by atoms with van der Waals surface area (Å²) in [4.78, 5) is 4.21. The van der Waals surface area contributed by atoms with Crippen LogP contribution >= 0.6 is 0 Å². The van der Waals surface area contributed by atoms with Crippen molar-refractivity contribution < 1.29 is 0 Å². The van der Waals surface area contributed by atoms with Crippen LogP contribution in [0.3, 0.4) is 0 Å². The van der Waals surface area contributed by atoms with Gasteiger partial charge >= 0.3 is 0 Å². The van der Waals surface area contributed by atoms with Crippen molar-refractivity contribution in [3.05, 3.63) is 30.1 Å². The summed E-state index contributed by atoms with van der Waals surface area (Å²) >= 11 is 0. The van der Waals surface area contributed by atoms with Gasteiger partial charge in [-0.05, 0) is 0 Å². The standard InChI is InChI=1S/C9H14N6/c1-14-4-3-11-9(14)6-10-5-8-7-15(2)13-12-8/h3-4,7,10H,5-6H2,1-2H3. The van der Waals surface area contributed by atoms with E-state index in [9.17, 15) is 0 Å². The van der Waals surface area contributed by atoms with Crippen molar-refractivity contribution in [2.24, 2.45) is 14.1 Å². The molecule has 0 aliphatic carbocycles. The molecular weight excluding hydrogens is 192 g/mol. The minimum absolute atomic E-state index is 0.709. The number of aromatic nitrogens is 5. The van der Waals surface area contributed by atoms with Crippen LogP contribution < -0.4 is 5.32 Å². The molecule has 0 atom stereocenters. The molecule has 0 fully saturated rings. The van der Waals surface area contributed by atoms with E-state index in [1.54, 1.807) is 10.9 Å². The molecule has 0 bridgehead atoms. The second kappa shape index (κ2) is 4.22. The second-order valence-corrected chi connectivity index (χ2v) is 3.44. The Morgan fingerprint density at radius 1 is 1.33 bits per heavy atom. The normalized spacial score (nSPS) is 10.8. The highest BCUT2D eigenvalue weighted by Gasteiger charge is 2.00. The first-order valence-corrected chi connectivity index (χ1v) is 4.78. The van der Waals surface area contributed by atoms with E-state index in [1.165, 1.54) is 0 Å². The molecule has 15 heavy (non-hydrogen) atoms. The van der Waals surface area contributed by atoms with Crippen LogP contribution in [0, 0.1) is 0 Å². The minimum atomic E-state index is 0.709. The van der Waals surface area contributed by atoms with Crippen molar-refractivity contribution in [3.63, 3.8) is 0 Å². The third-order valence-electron chi connectivity index (χ3n) is 2.16. The molecular formula is C9H14N6. The fourth-order valence-corrected chi connectivity index (χ4v) is 1.35. The molecule has 2 heterocycles. The van der Waals surface area contributed by atoms with Gasteiger partial charge in [0.05, 0.1) is 12.2 Å². The van der Waals surface area contributed by atoms with Crippen molar-refractivity contribution in [3.8, 4) is 0 Å². The van der Waals surface area contributed by atoms with Crippen LogP contribution in [-0.2, 0) is 27.2 Å². The van der Waals surface area contributed by atoms with Crippen LogP contribution in [0.4, 0.5) is 0 Å². The maximum absolute atomic E-state index is 4.21. The summed E-state index contributed by atoms with van der Waals surface area (Å²) in [5.41, 5.74) is 0.937. The Bertz CT molecular complexity index is 429. The van der Waals surface area contributed by atoms with E-state index in [1.807, 2.05) is 31.1 Å². The Kier molecular flexibility index (Phi) is 2.77. The number of aryl methyl sites for hydroxylation is 2. The summed E-state index contributed by atoms with van der Waals surface area (Å²) in [5, 5.41) is 11.1. The van der Waals surface area contributed by atoms with Gasteiger partial charge in [-0.25, -0.2) is 4.98 Å². The van der Waals surface area contributed by atoms with Crippen LogP contribution in [0.2, 0.25) is 0 Å². The zero-order chi connectivity index (χ0) is 10.7. The van der Waals surface area contributed by atoms with Gasteiger partial charge in [0.1, 0.15) is 5.82 Å². The average molecular weight is 206 g/mol. The molecule has 6 nitrogen and oxygen atoms in total. The van der Waals surface area contributed by atoms with Crippen molar-refractivity contribution in [1.82, 2.24) is 29.9 Å². The molecule has 0 amide bonds. The zero-order valence-electron chi connectivity index (χ0n) is 8.88. The summed E-state index contributed by atoms with van der Waals surface area (Å²) in [6.45, 7) is 1.45. The summed E-state index contributed by atoms with van der Waals surface area (Å²) in [6, 6.07) is 0. The van der Waals surface area contributed by atoms with E-state index in [0.717, 1.165) is 18.1 Å². The maximum atomic E-state index is 4.21. The molecule has 0 aliphatic heterocycles. The summed E-state index contributed by atoms with van der Waals surface area (Å²) in [7, 11) is 3.83. The van der Waals surface area contributed by atoms with Crippen molar-refractivity contribution >= 4 is 0 Å². The van der Waals surface area contributed by atoms with Crippen LogP contribution in [0.1, 0.15) is 11.5 Å². The highest BCUT2D eigenvalue weighted by Crippen LogP contribution is 1.95. The molecule has 0 spiro atoms. The Hall–Kier alpha value is -1.69. The number of nitrogens with one attached hydrogen (secondary N) is 1. The van der Waals surface area contributed by atoms with Crippen LogP contribution in [0.5, 0.6) is 0 Å². The molecule has 2 aromatic heterocycles. The predicted octanol–water partition coefficient (Wildman–Crippen LogP) is -0.162. The first-order chi connectivity index (χ1) is 7.25. The van der Waals surface area contributed by atoms with E-state index in [0.29, 0.717) is 6.54 Å². The van der Waals surface area contributed by atoms with E-state index >= 15 is 0 Å². The number of rotatable bonds is 4. The molecule has 0 saturated heterocycles. The molecule has 0 aromatic carbocycles. The molecule has 0 radical (unpaired) electrons. The summed E-state index contributed by atoms with van der Waals surface area (Å²) in [5.74, 6) is 1.01. The van der Waals surface area contributed by atoms with Gasteiger partial charge in [0.25, 0.3) is 0 Å². The van der Waals surface area contributed by atoms with Gasteiger partial charge in [-0.15, -0.1) is 5.10 Å². The number of imidazole rings is 1. The van der Waals surface area contributed by atoms with Crippen molar-refractivity contribution in [2.45, 2.75) is 13.1 Å². The summed E-state index contributed by atoms with van der Waals surface area (Å²) in [6.07, 6.45) is 5.62. The molecule has 2 aromatic rings. The second-order valence-electron chi connectivity index (χ2n) is 3.44. The van der Waals surface area contributed by atoms with Crippen LogP contribution in [0.15, 0.2) is 18.6 Å². The smallest absolute Gasteiger partial charge is 0.122 e. The molecule has 0 unspecified atom stereocenters. The third-order valence-corrected chi connectivity index (χ3v) is 2.16. The highest BCUT2D eigenvalue weighted by atomic mass is 15.4. The van der Waals surface area contributed by atoms with E-state index < -0.39 is 0 Å². The quantitative estimate of drug-likeness (QED) is 0.755. The van der Waals surface area contributed by atoms with Crippen molar-refractivity contribution in [1.29, 1.82) is 0 Å². The lowest BCUT2D eigenvalue weighted by Crippen LogP contribution is -2.15. The largest absolute Gasteiger partial charge is 0.337 e. The molecule has 6 heteroatoms. The molecule has 0 saturated carbocycles. The van der Waals surface area contributed by atoms with Gasteiger partial charge in [0.15, 0.2) is 0 Å². The number of nitrogens with zero attached hydrogens (tertiary/aromatic N) is 5. The lowest BCUT2D eigenvalue weighted by molar-refractivity contribution is 0.629. The highest BCUT2D eigenvalue weighted by molar-refractivity contribution is 4.94. The third kappa shape index (κ3) is 2.41. The van der Waals surface area contributed by atoms with Crippen molar-refractivity contribution in [2.75, 3.05) is 0 Å². The molecule has 80 valence electrons.